The third-order valence-corrected chi connectivity index (χ3v) is 6.77. The van der Waals surface area contributed by atoms with E-state index in [0.29, 0.717) is 16.0 Å². The monoisotopic (exact) mass is 448 g/mol. The summed E-state index contributed by atoms with van der Waals surface area (Å²) in [4.78, 5) is 0. The highest BCUT2D eigenvalue weighted by atomic mass is 35.5. The fourth-order valence-corrected chi connectivity index (χ4v) is 4.97. The van der Waals surface area contributed by atoms with Gasteiger partial charge in [0.1, 0.15) is 5.71 Å². The molecule has 4 rings (SSSR count). The van der Waals surface area contributed by atoms with Crippen molar-refractivity contribution in [2.75, 3.05) is 17.4 Å². The Labute approximate surface area is 184 Å². The van der Waals surface area contributed by atoms with Crippen molar-refractivity contribution in [1.29, 1.82) is 0 Å². The van der Waals surface area contributed by atoms with E-state index in [1.54, 1.807) is 0 Å². The first-order valence-electron chi connectivity index (χ1n) is 10.00. The minimum Gasteiger partial charge on any atom is -0.317 e. The van der Waals surface area contributed by atoms with Gasteiger partial charge in [-0.3, -0.25) is 0 Å². The molecule has 1 saturated heterocycles. The van der Waals surface area contributed by atoms with E-state index in [9.17, 15) is 8.78 Å². The van der Waals surface area contributed by atoms with Crippen molar-refractivity contribution in [3.8, 4) is 0 Å². The normalized spacial score (nSPS) is 17.2. The molecule has 0 saturated carbocycles. The van der Waals surface area contributed by atoms with Crippen molar-refractivity contribution in [3.63, 3.8) is 0 Å². The van der Waals surface area contributed by atoms with Crippen molar-refractivity contribution in [3.05, 3.63) is 64.7 Å². The molecule has 0 unspecified atom stereocenters. The number of hydrogen-bond donors (Lipinski definition) is 1. The average molecular weight is 449 g/mol. The molecule has 2 aliphatic heterocycles. The highest BCUT2D eigenvalue weighted by molar-refractivity contribution is 8.01. The summed E-state index contributed by atoms with van der Waals surface area (Å²) in [7, 11) is 0. The smallest absolute Gasteiger partial charge is 0.278 e. The van der Waals surface area contributed by atoms with Gasteiger partial charge in [-0.2, -0.15) is 10.2 Å². The number of alkyl halides is 2. The van der Waals surface area contributed by atoms with E-state index >= 15 is 0 Å². The third kappa shape index (κ3) is 5.39. The molecule has 1 N–H and O–H groups in total. The lowest BCUT2D eigenvalue weighted by Crippen LogP contribution is -2.31. The molecule has 0 aliphatic carbocycles. The van der Waals surface area contributed by atoms with Gasteiger partial charge in [0.05, 0.1) is 12.3 Å². The van der Waals surface area contributed by atoms with Crippen molar-refractivity contribution in [1.82, 2.24) is 5.32 Å². The summed E-state index contributed by atoms with van der Waals surface area (Å²) in [6.45, 7) is 2.81. The van der Waals surface area contributed by atoms with Crippen LogP contribution in [0.1, 0.15) is 30.4 Å². The third-order valence-electron chi connectivity index (χ3n) is 5.17. The van der Waals surface area contributed by atoms with Gasteiger partial charge in [-0.25, -0.2) is 8.78 Å². The summed E-state index contributed by atoms with van der Waals surface area (Å²) >= 11 is 8.10. The van der Waals surface area contributed by atoms with E-state index in [1.165, 1.54) is 0 Å². The van der Waals surface area contributed by atoms with Crippen LogP contribution in [-0.4, -0.2) is 36.2 Å². The van der Waals surface area contributed by atoms with Crippen LogP contribution in [0, 0.1) is 0 Å². The molecule has 8 heteroatoms. The van der Waals surface area contributed by atoms with E-state index in [2.05, 4.69) is 25.9 Å². The molecular formula is C22H23ClF2N4S. The van der Waals surface area contributed by atoms with Crippen LogP contribution >= 0.6 is 23.5 Å². The first-order valence-corrected chi connectivity index (χ1v) is 11.2. The largest absolute Gasteiger partial charge is 0.317 e. The fraction of sp³-hybridized carbons (Fsp3) is 0.364. The van der Waals surface area contributed by atoms with Gasteiger partial charge >= 0.3 is 0 Å². The Morgan fingerprint density at radius 3 is 2.53 bits per heavy atom. The number of hydrogen-bond acceptors (Lipinski definition) is 5. The first kappa shape index (κ1) is 21.3. The minimum absolute atomic E-state index is 0.108. The zero-order chi connectivity index (χ0) is 20.9. The summed E-state index contributed by atoms with van der Waals surface area (Å²) in [5.41, 5.74) is 3.46. The standard InChI is InChI=1S/C22H23ClF2N4S/c23-17-2-1-3-18(12-17)29(30-19-8-10-26-11-9-19)14-15-4-6-16(7-5-15)20-13-21(22(24)25)28-27-20/h1-7,12,19,22,26H,8-11,13-14H2. The fourth-order valence-electron chi connectivity index (χ4n) is 3.52. The molecule has 2 aromatic rings. The van der Waals surface area contributed by atoms with Gasteiger partial charge in [-0.15, -0.1) is 0 Å². The molecule has 0 amide bonds. The Morgan fingerprint density at radius 1 is 1.10 bits per heavy atom. The number of halogens is 3. The summed E-state index contributed by atoms with van der Waals surface area (Å²) in [5.74, 6) is 0. The number of piperidine rings is 1. The Morgan fingerprint density at radius 2 is 1.87 bits per heavy atom. The van der Waals surface area contributed by atoms with Crippen molar-refractivity contribution in [2.24, 2.45) is 10.2 Å². The maximum Gasteiger partial charge on any atom is 0.278 e. The second-order valence-corrected chi connectivity index (χ2v) is 9.14. The number of benzene rings is 2. The molecule has 0 aromatic heterocycles. The quantitative estimate of drug-likeness (QED) is 0.563. The summed E-state index contributed by atoms with van der Waals surface area (Å²) in [5, 5.41) is 12.2. The van der Waals surface area contributed by atoms with Crippen LogP contribution in [0.25, 0.3) is 0 Å². The number of rotatable bonds is 7. The molecule has 158 valence electrons. The molecule has 0 atom stereocenters. The van der Waals surface area contributed by atoms with Crippen molar-refractivity contribution < 1.29 is 8.78 Å². The lowest BCUT2D eigenvalue weighted by atomic mass is 10.0. The van der Waals surface area contributed by atoms with Crippen LogP contribution in [0.2, 0.25) is 5.02 Å². The minimum atomic E-state index is -2.55. The van der Waals surface area contributed by atoms with Gasteiger partial charge < -0.3 is 9.62 Å². The van der Waals surface area contributed by atoms with Crippen LogP contribution in [0.4, 0.5) is 14.5 Å². The lowest BCUT2D eigenvalue weighted by Gasteiger charge is -2.30. The molecule has 2 aromatic carbocycles. The van der Waals surface area contributed by atoms with Crippen LogP contribution in [0.15, 0.2) is 58.7 Å². The Kier molecular flexibility index (Phi) is 7.02. The number of nitrogens with one attached hydrogen (secondary N) is 1. The van der Waals surface area contributed by atoms with Crippen molar-refractivity contribution >= 4 is 40.7 Å². The van der Waals surface area contributed by atoms with Gasteiger partial charge in [0, 0.05) is 22.4 Å². The van der Waals surface area contributed by atoms with Crippen LogP contribution in [0.3, 0.4) is 0 Å². The Bertz CT molecular complexity index is 927. The van der Waals surface area contributed by atoms with Crippen LogP contribution in [-0.2, 0) is 6.54 Å². The highest BCUT2D eigenvalue weighted by Gasteiger charge is 2.22. The van der Waals surface area contributed by atoms with Gasteiger partial charge in [-0.1, -0.05) is 41.9 Å². The second kappa shape index (κ2) is 9.90. The predicted octanol–water partition coefficient (Wildman–Crippen LogP) is 5.56. The number of nitrogens with zero attached hydrogens (tertiary/aromatic N) is 3. The van der Waals surface area contributed by atoms with Gasteiger partial charge in [0.2, 0.25) is 0 Å². The molecule has 0 radical (unpaired) electrons. The molecule has 2 aliphatic rings. The summed E-state index contributed by atoms with van der Waals surface area (Å²) < 4.78 is 27.9. The lowest BCUT2D eigenvalue weighted by molar-refractivity contribution is 0.224. The molecule has 1 fully saturated rings. The predicted molar refractivity (Wildman–Crippen MR) is 122 cm³/mol. The van der Waals surface area contributed by atoms with E-state index in [-0.39, 0.29) is 12.1 Å². The van der Waals surface area contributed by atoms with E-state index in [4.69, 9.17) is 11.6 Å². The van der Waals surface area contributed by atoms with Crippen LogP contribution in [0.5, 0.6) is 0 Å². The summed E-state index contributed by atoms with van der Waals surface area (Å²) in [6.07, 6.45) is -0.180. The zero-order valence-corrected chi connectivity index (χ0v) is 18.0. The molecule has 0 spiro atoms. The van der Waals surface area contributed by atoms with E-state index < -0.39 is 6.43 Å². The molecule has 30 heavy (non-hydrogen) atoms. The SMILES string of the molecule is FC(F)C1=NN=C(c2ccc(CN(SC3CCNCC3)c3cccc(Cl)c3)cc2)C1. The molecular weight excluding hydrogens is 426 g/mol. The topological polar surface area (TPSA) is 40.0 Å². The molecule has 4 nitrogen and oxygen atoms in total. The molecule has 2 heterocycles. The summed E-state index contributed by atoms with van der Waals surface area (Å²) in [6, 6.07) is 15.8. The second-order valence-electron chi connectivity index (χ2n) is 7.38. The zero-order valence-electron chi connectivity index (χ0n) is 16.4. The van der Waals surface area contributed by atoms with Crippen LogP contribution < -0.4 is 9.62 Å². The molecule has 0 bridgehead atoms. The van der Waals surface area contributed by atoms with E-state index in [0.717, 1.165) is 49.3 Å². The highest BCUT2D eigenvalue weighted by Crippen LogP contribution is 2.33. The maximum atomic E-state index is 12.8. The van der Waals surface area contributed by atoms with Crippen molar-refractivity contribution in [2.45, 2.75) is 37.5 Å². The Hall–Kier alpha value is -1.96. The van der Waals surface area contributed by atoms with Gasteiger partial charge in [0.15, 0.2) is 0 Å². The maximum absolute atomic E-state index is 12.8. The Balaban J connectivity index is 1.47. The van der Waals surface area contributed by atoms with Gasteiger partial charge in [-0.05, 0) is 67.2 Å². The first-order chi connectivity index (χ1) is 14.6. The van der Waals surface area contributed by atoms with Gasteiger partial charge in [0.25, 0.3) is 6.43 Å². The number of anilines is 1. The van der Waals surface area contributed by atoms with E-state index in [1.807, 2.05) is 54.4 Å². The average Bonchev–Trinajstić information content (AvgIpc) is 3.25.